The van der Waals surface area contributed by atoms with Gasteiger partial charge >= 0.3 is 0 Å². The summed E-state index contributed by atoms with van der Waals surface area (Å²) in [5, 5.41) is 6.67. The molecule has 114 valence electrons. The van der Waals surface area contributed by atoms with Crippen molar-refractivity contribution in [2.45, 2.75) is 43.9 Å². The van der Waals surface area contributed by atoms with Crippen molar-refractivity contribution in [1.82, 2.24) is 14.5 Å². The summed E-state index contributed by atoms with van der Waals surface area (Å²) >= 11 is 0. The zero-order valence-electron chi connectivity index (χ0n) is 12.1. The minimum absolute atomic E-state index is 0.0397. The van der Waals surface area contributed by atoms with E-state index in [4.69, 9.17) is 10.5 Å². The highest BCUT2D eigenvalue weighted by molar-refractivity contribution is 7.89. The number of ether oxygens (including phenoxy) is 1. The first-order valence-corrected chi connectivity index (χ1v) is 8.07. The van der Waals surface area contributed by atoms with E-state index in [1.54, 1.807) is 14.0 Å². The van der Waals surface area contributed by atoms with Gasteiger partial charge in [-0.25, -0.2) is 8.42 Å². The number of nitrogens with two attached hydrogens (primary N) is 1. The summed E-state index contributed by atoms with van der Waals surface area (Å²) < 4.78 is 32.3. The van der Waals surface area contributed by atoms with Crippen molar-refractivity contribution in [2.24, 2.45) is 5.73 Å². The fraction of sp³-hybridized carbons (Fsp3) is 0.750. The number of nitrogens with zero attached hydrogens (tertiary/aromatic N) is 2. The van der Waals surface area contributed by atoms with E-state index in [2.05, 4.69) is 10.2 Å². The van der Waals surface area contributed by atoms with Crippen LogP contribution >= 0.6 is 0 Å². The molecular formula is C12H22N4O3S. The van der Waals surface area contributed by atoms with Crippen molar-refractivity contribution >= 4 is 10.0 Å². The van der Waals surface area contributed by atoms with Gasteiger partial charge in [0.05, 0.1) is 5.60 Å². The van der Waals surface area contributed by atoms with Crippen LogP contribution in [0.5, 0.6) is 0 Å². The predicted molar refractivity (Wildman–Crippen MR) is 74.6 cm³/mol. The molecule has 1 atom stereocenters. The Morgan fingerprint density at radius 1 is 1.55 bits per heavy atom. The lowest BCUT2D eigenvalue weighted by atomic mass is 9.96. The van der Waals surface area contributed by atoms with E-state index in [1.165, 1.54) is 4.31 Å². The van der Waals surface area contributed by atoms with Gasteiger partial charge in [0, 0.05) is 38.0 Å². The summed E-state index contributed by atoms with van der Waals surface area (Å²) in [6.45, 7) is 4.66. The second-order valence-electron chi connectivity index (χ2n) is 5.43. The molecule has 0 aliphatic carbocycles. The van der Waals surface area contributed by atoms with Gasteiger partial charge in [-0.3, -0.25) is 5.10 Å². The number of sulfonamides is 1. The van der Waals surface area contributed by atoms with Crippen LogP contribution in [0.3, 0.4) is 0 Å². The van der Waals surface area contributed by atoms with Crippen LogP contribution in [0.15, 0.2) is 5.03 Å². The largest absolute Gasteiger partial charge is 0.377 e. The maximum absolute atomic E-state index is 12.7. The standard InChI is InChI=1S/C12H22N4O3S/c1-9-10(7-13)11(15-14-9)20(17,18)16-6-4-5-12(2,8-16)19-3/h4-8,13H2,1-3H3,(H,14,15). The smallest absolute Gasteiger partial charge is 0.262 e. The van der Waals surface area contributed by atoms with Crippen LogP contribution in [0.2, 0.25) is 0 Å². The van der Waals surface area contributed by atoms with Gasteiger partial charge in [-0.05, 0) is 26.7 Å². The summed E-state index contributed by atoms with van der Waals surface area (Å²) in [6.07, 6.45) is 1.61. The number of H-pyrrole nitrogens is 1. The average Bonchev–Trinajstić information content (AvgIpc) is 2.80. The Hall–Kier alpha value is -0.960. The Morgan fingerprint density at radius 2 is 2.25 bits per heavy atom. The molecule has 0 saturated carbocycles. The first-order valence-electron chi connectivity index (χ1n) is 6.63. The molecule has 0 radical (unpaired) electrons. The first kappa shape index (κ1) is 15.4. The van der Waals surface area contributed by atoms with Crippen molar-refractivity contribution in [3.8, 4) is 0 Å². The monoisotopic (exact) mass is 302 g/mol. The van der Waals surface area contributed by atoms with Crippen molar-refractivity contribution in [3.05, 3.63) is 11.3 Å². The molecule has 1 saturated heterocycles. The third kappa shape index (κ3) is 2.60. The fourth-order valence-electron chi connectivity index (χ4n) is 2.54. The number of hydrogen-bond acceptors (Lipinski definition) is 5. The normalized spacial score (nSPS) is 25.0. The van der Waals surface area contributed by atoms with E-state index in [0.717, 1.165) is 12.8 Å². The zero-order chi connectivity index (χ0) is 15.0. The molecule has 2 heterocycles. The molecule has 0 bridgehead atoms. The van der Waals surface area contributed by atoms with Gasteiger partial charge in [-0.15, -0.1) is 0 Å². The van der Waals surface area contributed by atoms with Crippen LogP contribution in [0.25, 0.3) is 0 Å². The molecule has 1 aliphatic rings. The highest BCUT2D eigenvalue weighted by atomic mass is 32.2. The van der Waals surface area contributed by atoms with Gasteiger partial charge in [-0.1, -0.05) is 0 Å². The average molecular weight is 302 g/mol. The Morgan fingerprint density at radius 3 is 2.85 bits per heavy atom. The third-order valence-corrected chi connectivity index (χ3v) is 5.76. The molecule has 20 heavy (non-hydrogen) atoms. The van der Waals surface area contributed by atoms with E-state index in [1.807, 2.05) is 6.92 Å². The molecule has 1 fully saturated rings. The summed E-state index contributed by atoms with van der Waals surface area (Å²) in [6, 6.07) is 0. The van der Waals surface area contributed by atoms with E-state index in [-0.39, 0.29) is 11.6 Å². The molecule has 1 aromatic rings. The van der Waals surface area contributed by atoms with Gasteiger partial charge in [0.2, 0.25) is 0 Å². The molecule has 0 aromatic carbocycles. The number of nitrogens with one attached hydrogen (secondary N) is 1. The van der Waals surface area contributed by atoms with Crippen molar-refractivity contribution in [3.63, 3.8) is 0 Å². The molecular weight excluding hydrogens is 280 g/mol. The molecule has 1 aromatic heterocycles. The van der Waals surface area contributed by atoms with Crippen molar-refractivity contribution < 1.29 is 13.2 Å². The molecule has 3 N–H and O–H groups in total. The van der Waals surface area contributed by atoms with Gasteiger partial charge < -0.3 is 10.5 Å². The van der Waals surface area contributed by atoms with Crippen LogP contribution in [0, 0.1) is 6.92 Å². The first-order chi connectivity index (χ1) is 9.34. The van der Waals surface area contributed by atoms with Gasteiger partial charge in [0.1, 0.15) is 0 Å². The highest BCUT2D eigenvalue weighted by Gasteiger charge is 2.39. The number of piperidine rings is 1. The van der Waals surface area contributed by atoms with E-state index in [9.17, 15) is 8.42 Å². The van der Waals surface area contributed by atoms with Gasteiger partial charge in [-0.2, -0.15) is 9.40 Å². The van der Waals surface area contributed by atoms with Crippen molar-refractivity contribution in [1.29, 1.82) is 0 Å². The minimum Gasteiger partial charge on any atom is -0.377 e. The molecule has 8 heteroatoms. The topological polar surface area (TPSA) is 101 Å². The van der Waals surface area contributed by atoms with Crippen LogP contribution < -0.4 is 5.73 Å². The second kappa shape index (κ2) is 5.44. The van der Waals surface area contributed by atoms with Crippen LogP contribution in [-0.2, 0) is 21.3 Å². The predicted octanol–water partition coefficient (Wildman–Crippen LogP) is 0.366. The van der Waals surface area contributed by atoms with E-state index < -0.39 is 15.6 Å². The number of methoxy groups -OCH3 is 1. The maximum Gasteiger partial charge on any atom is 0.262 e. The number of rotatable bonds is 4. The van der Waals surface area contributed by atoms with Crippen LogP contribution in [0.4, 0.5) is 0 Å². The van der Waals surface area contributed by atoms with E-state index in [0.29, 0.717) is 24.3 Å². The lowest BCUT2D eigenvalue weighted by molar-refractivity contribution is -0.0319. The lowest BCUT2D eigenvalue weighted by Gasteiger charge is -2.38. The molecule has 0 amide bonds. The number of aromatic amines is 1. The van der Waals surface area contributed by atoms with Crippen LogP contribution in [-0.4, -0.2) is 48.7 Å². The fourth-order valence-corrected chi connectivity index (χ4v) is 4.30. The minimum atomic E-state index is -3.63. The summed E-state index contributed by atoms with van der Waals surface area (Å²) in [5.41, 5.74) is 6.43. The third-order valence-electron chi connectivity index (χ3n) is 3.94. The Kier molecular flexibility index (Phi) is 4.19. The number of hydrogen-bond donors (Lipinski definition) is 2. The number of aromatic nitrogens is 2. The molecule has 1 unspecified atom stereocenters. The van der Waals surface area contributed by atoms with Gasteiger partial charge in [0.25, 0.3) is 10.0 Å². The van der Waals surface area contributed by atoms with E-state index >= 15 is 0 Å². The molecule has 0 spiro atoms. The summed E-state index contributed by atoms with van der Waals surface area (Å²) in [7, 11) is -2.02. The van der Waals surface area contributed by atoms with Crippen LogP contribution in [0.1, 0.15) is 31.0 Å². The molecule has 7 nitrogen and oxygen atoms in total. The zero-order valence-corrected chi connectivity index (χ0v) is 13.0. The Balaban J connectivity index is 2.35. The SMILES string of the molecule is COC1(C)CCCN(S(=O)(=O)c2n[nH]c(C)c2CN)C1. The molecule has 2 rings (SSSR count). The summed E-state index contributed by atoms with van der Waals surface area (Å²) in [4.78, 5) is 0. The molecule has 1 aliphatic heterocycles. The van der Waals surface area contributed by atoms with Gasteiger partial charge in [0.15, 0.2) is 5.03 Å². The number of aryl methyl sites for hydroxylation is 1. The Bertz CT molecular complexity index is 584. The second-order valence-corrected chi connectivity index (χ2v) is 7.29. The highest BCUT2D eigenvalue weighted by Crippen LogP contribution is 2.29. The maximum atomic E-state index is 12.7. The summed E-state index contributed by atoms with van der Waals surface area (Å²) in [5.74, 6) is 0. The van der Waals surface area contributed by atoms with Crippen molar-refractivity contribution in [2.75, 3.05) is 20.2 Å². The lowest BCUT2D eigenvalue weighted by Crippen LogP contribution is -2.49. The quantitative estimate of drug-likeness (QED) is 0.836. The Labute approximate surface area is 119 Å².